The van der Waals surface area contributed by atoms with Crippen molar-refractivity contribution in [3.05, 3.63) is 127 Å². The van der Waals surface area contributed by atoms with Gasteiger partial charge in [0.25, 0.3) is 0 Å². The molecule has 3 nitrogen and oxygen atoms in total. The molecule has 0 atom stereocenters. The Morgan fingerprint density at radius 1 is 0.449 bits per heavy atom. The van der Waals surface area contributed by atoms with E-state index in [1.54, 1.807) is 0 Å². The SMILES string of the molecule is Cc1ccc(-c2cc(C(C)(C)C)cc(C34CC5CC(CC(C5)C3)C4)c2[O-])c(-c2cc(C(F)(F)F)cc(-c3cc(C)ccc3-c3cc(C(C)(C)C)cc(C45CC6CC(CC(C6)C4)C5)c3[O-])n2)c1.[CH3-].[CH3-].[Hf+4]. The molecule has 8 aliphatic carbocycles. The van der Waals surface area contributed by atoms with Gasteiger partial charge in [-0.05, 0) is 217 Å². The van der Waals surface area contributed by atoms with Gasteiger partial charge >= 0.3 is 32.0 Å². The minimum atomic E-state index is -4.69. The number of pyridine rings is 1. The fourth-order valence-electron chi connectivity index (χ4n) is 15.4. The zero-order valence-electron chi connectivity index (χ0n) is 42.8. The molecule has 8 fully saturated rings. The van der Waals surface area contributed by atoms with Gasteiger partial charge in [-0.3, -0.25) is 0 Å². The van der Waals surface area contributed by atoms with Gasteiger partial charge in [0.15, 0.2) is 0 Å². The molecule has 8 bridgehead atoms. The van der Waals surface area contributed by atoms with Crippen molar-refractivity contribution in [2.75, 3.05) is 0 Å². The molecule has 0 spiro atoms. The minimum Gasteiger partial charge on any atom is -0.872 e. The minimum absolute atomic E-state index is 0. The van der Waals surface area contributed by atoms with E-state index in [2.05, 4.69) is 53.7 Å². The molecule has 1 heterocycles. The summed E-state index contributed by atoms with van der Waals surface area (Å²) in [5.41, 5.74) is 7.53. The first-order chi connectivity index (χ1) is 31.0. The number of halogens is 3. The number of nitrogens with zero attached hydrogens (tertiary/aromatic N) is 1. The van der Waals surface area contributed by atoms with Crippen molar-refractivity contribution in [3.63, 3.8) is 0 Å². The van der Waals surface area contributed by atoms with Crippen LogP contribution in [0.2, 0.25) is 0 Å². The van der Waals surface area contributed by atoms with Gasteiger partial charge < -0.3 is 25.1 Å². The fraction of sp³-hybridized carbons (Fsp3) is 0.500. The Morgan fingerprint density at radius 3 is 1.06 bits per heavy atom. The van der Waals surface area contributed by atoms with Gasteiger partial charge in [-0.1, -0.05) is 113 Å². The number of rotatable bonds is 6. The Labute approximate surface area is 430 Å². The van der Waals surface area contributed by atoms with Crippen LogP contribution < -0.4 is 10.2 Å². The van der Waals surface area contributed by atoms with Gasteiger partial charge in [-0.15, -0.1) is 0 Å². The van der Waals surface area contributed by atoms with Crippen LogP contribution in [0.3, 0.4) is 0 Å². The van der Waals surface area contributed by atoms with E-state index in [0.29, 0.717) is 68.9 Å². The Hall–Kier alpha value is -3.71. The van der Waals surface area contributed by atoms with Gasteiger partial charge in [-0.25, -0.2) is 4.98 Å². The largest absolute Gasteiger partial charge is 4.00 e. The molecule has 8 saturated carbocycles. The van der Waals surface area contributed by atoms with E-state index in [-0.39, 0.29) is 85.2 Å². The summed E-state index contributed by atoms with van der Waals surface area (Å²) in [5.74, 6) is 3.85. The average Bonchev–Trinajstić information content (AvgIpc) is 3.21. The maximum atomic E-state index is 15.4. The average molecular weight is 1100 g/mol. The Bertz CT molecular complexity index is 2540. The summed E-state index contributed by atoms with van der Waals surface area (Å²) in [6.45, 7) is 16.9. The molecule has 362 valence electrons. The van der Waals surface area contributed by atoms with Crippen LogP contribution in [0.15, 0.2) is 72.8 Å². The second-order valence-corrected chi connectivity index (χ2v) is 24.9. The predicted octanol–water partition coefficient (Wildman–Crippen LogP) is 16.0. The molecule has 1 aromatic heterocycles. The van der Waals surface area contributed by atoms with E-state index in [0.717, 1.165) is 84.0 Å². The van der Waals surface area contributed by atoms with Crippen molar-refractivity contribution in [2.24, 2.45) is 35.5 Å². The van der Waals surface area contributed by atoms with Crippen molar-refractivity contribution in [2.45, 2.75) is 160 Å². The van der Waals surface area contributed by atoms with Gasteiger partial charge in [0, 0.05) is 11.1 Å². The van der Waals surface area contributed by atoms with Crippen LogP contribution in [0.5, 0.6) is 11.5 Å². The molecule has 4 aromatic carbocycles. The van der Waals surface area contributed by atoms with Crippen LogP contribution >= 0.6 is 0 Å². The third kappa shape index (κ3) is 9.02. The molecule has 0 aliphatic heterocycles. The number of hydrogen-bond acceptors (Lipinski definition) is 3. The molecular formula is C62H72F3HfNO2. The molecule has 0 amide bonds. The van der Waals surface area contributed by atoms with Gasteiger partial charge in [0.05, 0.1) is 17.0 Å². The number of alkyl halides is 3. The Morgan fingerprint density at radius 2 is 0.768 bits per heavy atom. The Kier molecular flexibility index (Phi) is 13.3. The molecule has 5 aromatic rings. The summed E-state index contributed by atoms with van der Waals surface area (Å²) in [5, 5.41) is 30.6. The third-order valence-corrected chi connectivity index (χ3v) is 17.8. The molecule has 0 N–H and O–H groups in total. The van der Waals surface area contributed by atoms with Crippen LogP contribution in [0, 0.1) is 64.2 Å². The van der Waals surface area contributed by atoms with Crippen LogP contribution in [0.1, 0.15) is 158 Å². The first kappa shape index (κ1) is 51.6. The molecule has 69 heavy (non-hydrogen) atoms. The predicted molar refractivity (Wildman–Crippen MR) is 269 cm³/mol. The molecule has 0 unspecified atom stereocenters. The molecule has 0 saturated heterocycles. The summed E-state index contributed by atoms with van der Waals surface area (Å²) in [4.78, 5) is 5.19. The monoisotopic (exact) mass is 1100 g/mol. The first-order valence-corrected chi connectivity index (χ1v) is 25.1. The van der Waals surface area contributed by atoms with Gasteiger partial charge in [0.1, 0.15) is 0 Å². The first-order valence-electron chi connectivity index (χ1n) is 25.1. The van der Waals surface area contributed by atoms with Crippen molar-refractivity contribution >= 4 is 0 Å². The van der Waals surface area contributed by atoms with Crippen molar-refractivity contribution in [3.8, 4) is 56.3 Å². The molecule has 7 heteroatoms. The maximum Gasteiger partial charge on any atom is 4.00 e. The van der Waals surface area contributed by atoms with Gasteiger partial charge in [0.2, 0.25) is 0 Å². The molecule has 13 rings (SSSR count). The van der Waals surface area contributed by atoms with E-state index in [1.807, 2.05) is 62.4 Å². The summed E-state index contributed by atoms with van der Waals surface area (Å²) in [6, 6.07) is 22.3. The van der Waals surface area contributed by atoms with E-state index in [9.17, 15) is 0 Å². The number of hydrogen-bond donors (Lipinski definition) is 0. The Balaban J connectivity index is 0.00000214. The quantitative estimate of drug-likeness (QED) is 0.126. The van der Waals surface area contributed by atoms with Crippen LogP contribution in [0.25, 0.3) is 44.8 Å². The van der Waals surface area contributed by atoms with Crippen LogP contribution in [-0.4, -0.2) is 4.98 Å². The smallest absolute Gasteiger partial charge is 0.872 e. The number of aromatic nitrogens is 1. The summed E-state index contributed by atoms with van der Waals surface area (Å²) >= 11 is 0. The second kappa shape index (κ2) is 17.8. The summed E-state index contributed by atoms with van der Waals surface area (Å²) < 4.78 is 46.1. The number of benzene rings is 4. The summed E-state index contributed by atoms with van der Waals surface area (Å²) in [7, 11) is 0. The van der Waals surface area contributed by atoms with E-state index in [4.69, 9.17) is 4.98 Å². The van der Waals surface area contributed by atoms with E-state index >= 15 is 23.4 Å². The second-order valence-electron chi connectivity index (χ2n) is 24.9. The van der Waals surface area contributed by atoms with E-state index in [1.165, 1.54) is 38.5 Å². The maximum absolute atomic E-state index is 15.4. The molecule has 8 aliphatic rings. The van der Waals surface area contributed by atoms with Crippen molar-refractivity contribution in [1.82, 2.24) is 4.98 Å². The normalized spacial score (nSPS) is 27.7. The van der Waals surface area contributed by atoms with Crippen LogP contribution in [0.4, 0.5) is 13.2 Å². The molecule has 0 radical (unpaired) electrons. The summed E-state index contributed by atoms with van der Waals surface area (Å²) in [6.07, 6.45) is 9.07. The topological polar surface area (TPSA) is 59.0 Å². The molecular weight excluding hydrogens is 1030 g/mol. The van der Waals surface area contributed by atoms with Gasteiger partial charge in [-0.2, -0.15) is 13.2 Å². The standard InChI is InChI=1S/C60H68F3NO2.2CH3.Hf/c1-33-9-11-44(48-21-41(56(3,4)5)23-50(54(48)65)58-27-35-15-36(28-58)17-37(16-35)29-58)46(13-33)52-25-43(60(61,62)63)26-53(64-52)47-14-34(2)10-12-45(47)49-22-42(57(6,7)8)24-51(55(49)66)59-30-38-18-39(31-59)20-40(19-38)32-59;;;/h9-14,21-26,35-40,65-66H,15-20,27-32H2,1-8H3;2*1H3;/q;2*-1;+4/p-2. The van der Waals surface area contributed by atoms with E-state index < -0.39 is 11.7 Å². The fourth-order valence-corrected chi connectivity index (χ4v) is 15.4. The zero-order valence-corrected chi connectivity index (χ0v) is 46.4. The third-order valence-electron chi connectivity index (χ3n) is 17.8. The number of aryl methyl sites for hydroxylation is 2. The van der Waals surface area contributed by atoms with Crippen molar-refractivity contribution < 1.29 is 49.2 Å². The van der Waals surface area contributed by atoms with Crippen LogP contribution in [-0.2, 0) is 53.7 Å². The zero-order chi connectivity index (χ0) is 46.5. The van der Waals surface area contributed by atoms with Crippen molar-refractivity contribution in [1.29, 1.82) is 0 Å².